The first-order valence-corrected chi connectivity index (χ1v) is 9.81. The summed E-state index contributed by atoms with van der Waals surface area (Å²) >= 11 is 6.83. The van der Waals surface area contributed by atoms with Gasteiger partial charge in [-0.3, -0.25) is 9.69 Å². The third kappa shape index (κ3) is 4.63. The predicted molar refractivity (Wildman–Crippen MR) is 107 cm³/mol. The Balaban J connectivity index is 1.70. The molecule has 0 unspecified atom stereocenters. The molecule has 1 aliphatic heterocycles. The number of likely N-dealkylation sites (tertiary alicyclic amines) is 1. The maximum absolute atomic E-state index is 12.6. The molecule has 2 aromatic carbocycles. The van der Waals surface area contributed by atoms with Crippen molar-refractivity contribution in [3.8, 4) is 5.75 Å². The van der Waals surface area contributed by atoms with Gasteiger partial charge in [0.2, 0.25) is 0 Å². The summed E-state index contributed by atoms with van der Waals surface area (Å²) in [6, 6.07) is 11.6. The minimum atomic E-state index is -0.203. The number of anilines is 1. The van der Waals surface area contributed by atoms with Crippen LogP contribution in [0.5, 0.6) is 5.75 Å². The van der Waals surface area contributed by atoms with E-state index in [-0.39, 0.29) is 5.91 Å². The molecular weight excluding hydrogens is 448 g/mol. The van der Waals surface area contributed by atoms with Crippen LogP contribution in [-0.2, 0) is 6.54 Å². The molecule has 0 atom stereocenters. The first-order valence-electron chi connectivity index (χ1n) is 8.22. The molecular formula is C19H20Br2N2O2. The van der Waals surface area contributed by atoms with E-state index in [0.29, 0.717) is 11.3 Å². The second-order valence-electron chi connectivity index (χ2n) is 6.10. The largest absolute Gasteiger partial charge is 0.495 e. The molecule has 132 valence electrons. The Kier molecular flexibility index (Phi) is 6.15. The Morgan fingerprint density at radius 1 is 1.16 bits per heavy atom. The summed E-state index contributed by atoms with van der Waals surface area (Å²) in [6.45, 7) is 3.33. The van der Waals surface area contributed by atoms with Gasteiger partial charge in [-0.05, 0) is 71.7 Å². The van der Waals surface area contributed by atoms with Crippen LogP contribution in [0.15, 0.2) is 45.3 Å². The molecule has 2 aromatic rings. The van der Waals surface area contributed by atoms with E-state index in [9.17, 15) is 4.79 Å². The van der Waals surface area contributed by atoms with Crippen molar-refractivity contribution in [3.63, 3.8) is 0 Å². The third-order valence-electron chi connectivity index (χ3n) is 4.27. The van der Waals surface area contributed by atoms with Crippen LogP contribution in [0.3, 0.4) is 0 Å². The smallest absolute Gasteiger partial charge is 0.259 e. The van der Waals surface area contributed by atoms with E-state index in [1.165, 1.54) is 31.5 Å². The lowest BCUT2D eigenvalue weighted by molar-refractivity contribution is 0.102. The second-order valence-corrected chi connectivity index (χ2v) is 7.87. The zero-order valence-electron chi connectivity index (χ0n) is 14.0. The summed E-state index contributed by atoms with van der Waals surface area (Å²) in [7, 11) is 1.55. The lowest BCUT2D eigenvalue weighted by atomic mass is 10.1. The molecule has 3 rings (SSSR count). The number of hydrogen-bond donors (Lipinski definition) is 1. The van der Waals surface area contributed by atoms with Crippen LogP contribution in [0.2, 0.25) is 0 Å². The highest BCUT2D eigenvalue weighted by atomic mass is 79.9. The Hall–Kier alpha value is -1.37. The average Bonchev–Trinajstić information content (AvgIpc) is 3.09. The molecule has 1 heterocycles. The minimum Gasteiger partial charge on any atom is -0.495 e. The van der Waals surface area contributed by atoms with Crippen molar-refractivity contribution in [2.24, 2.45) is 0 Å². The Labute approximate surface area is 164 Å². The summed E-state index contributed by atoms with van der Waals surface area (Å²) in [5.41, 5.74) is 2.51. The normalized spacial score (nSPS) is 14.5. The highest BCUT2D eigenvalue weighted by Gasteiger charge is 2.17. The van der Waals surface area contributed by atoms with E-state index >= 15 is 0 Å². The van der Waals surface area contributed by atoms with Crippen LogP contribution in [-0.4, -0.2) is 31.0 Å². The van der Waals surface area contributed by atoms with Crippen molar-refractivity contribution in [2.45, 2.75) is 19.4 Å². The highest BCUT2D eigenvalue weighted by molar-refractivity contribution is 9.11. The van der Waals surface area contributed by atoms with Crippen LogP contribution in [0.25, 0.3) is 0 Å². The van der Waals surface area contributed by atoms with E-state index in [4.69, 9.17) is 4.74 Å². The molecule has 6 heteroatoms. The van der Waals surface area contributed by atoms with Gasteiger partial charge in [0.05, 0.1) is 17.1 Å². The maximum Gasteiger partial charge on any atom is 0.259 e. The summed E-state index contributed by atoms with van der Waals surface area (Å²) in [4.78, 5) is 15.1. The maximum atomic E-state index is 12.6. The minimum absolute atomic E-state index is 0.203. The molecule has 1 N–H and O–H groups in total. The molecule has 1 saturated heterocycles. The second kappa shape index (κ2) is 8.34. The Morgan fingerprint density at radius 2 is 1.84 bits per heavy atom. The first-order chi connectivity index (χ1) is 12.1. The Bertz CT molecular complexity index is 757. The van der Waals surface area contributed by atoms with Crippen molar-refractivity contribution >= 4 is 43.5 Å². The van der Waals surface area contributed by atoms with Crippen LogP contribution in [0, 0.1) is 0 Å². The lowest BCUT2D eigenvalue weighted by Crippen LogP contribution is -2.18. The number of carbonyl (C=O) groups excluding carboxylic acids is 1. The van der Waals surface area contributed by atoms with Crippen LogP contribution >= 0.6 is 31.9 Å². The fourth-order valence-corrected chi connectivity index (χ4v) is 4.41. The first kappa shape index (κ1) is 18.4. The molecule has 25 heavy (non-hydrogen) atoms. The van der Waals surface area contributed by atoms with Gasteiger partial charge in [-0.1, -0.05) is 28.1 Å². The van der Waals surface area contributed by atoms with E-state index < -0.39 is 0 Å². The molecule has 1 aliphatic rings. The topological polar surface area (TPSA) is 41.6 Å². The zero-order valence-corrected chi connectivity index (χ0v) is 17.2. The standard InChI is InChI=1S/C19H20Br2N2O2/c1-25-18-16(10-14(20)11-17(18)21)19(24)22-15-6-4-13(5-7-15)12-23-8-2-3-9-23/h4-7,10-11H,2-3,8-9,12H2,1H3,(H,22,24). The van der Waals surface area contributed by atoms with Crippen LogP contribution < -0.4 is 10.1 Å². The van der Waals surface area contributed by atoms with E-state index in [0.717, 1.165) is 21.2 Å². The number of nitrogens with one attached hydrogen (secondary N) is 1. The monoisotopic (exact) mass is 466 g/mol. The molecule has 4 nitrogen and oxygen atoms in total. The third-order valence-corrected chi connectivity index (χ3v) is 5.32. The van der Waals surface area contributed by atoms with Gasteiger partial charge in [0.15, 0.2) is 0 Å². The SMILES string of the molecule is COc1c(Br)cc(Br)cc1C(=O)Nc1ccc(CN2CCCC2)cc1. The van der Waals surface area contributed by atoms with E-state index in [2.05, 4.69) is 54.2 Å². The molecule has 1 fully saturated rings. The van der Waals surface area contributed by atoms with Crippen LogP contribution in [0.1, 0.15) is 28.8 Å². The predicted octanol–water partition coefficient (Wildman–Crippen LogP) is 5.07. The van der Waals surface area contributed by atoms with Crippen molar-refractivity contribution in [1.29, 1.82) is 0 Å². The fraction of sp³-hybridized carbons (Fsp3) is 0.316. The van der Waals surface area contributed by atoms with Crippen molar-refractivity contribution < 1.29 is 9.53 Å². The number of rotatable bonds is 5. The summed E-state index contributed by atoms with van der Waals surface area (Å²) in [6.07, 6.45) is 2.58. The molecule has 0 aromatic heterocycles. The highest BCUT2D eigenvalue weighted by Crippen LogP contribution is 2.33. The number of hydrogen-bond acceptors (Lipinski definition) is 3. The number of nitrogens with zero attached hydrogens (tertiary/aromatic N) is 1. The van der Waals surface area contributed by atoms with Crippen molar-refractivity contribution in [3.05, 3.63) is 56.5 Å². The summed E-state index contributed by atoms with van der Waals surface area (Å²) in [5, 5.41) is 2.93. The van der Waals surface area contributed by atoms with Gasteiger partial charge >= 0.3 is 0 Å². The van der Waals surface area contributed by atoms with Gasteiger partial charge in [-0.2, -0.15) is 0 Å². The number of methoxy groups -OCH3 is 1. The summed E-state index contributed by atoms with van der Waals surface area (Å²) in [5.74, 6) is 0.317. The van der Waals surface area contributed by atoms with Gasteiger partial charge in [0.1, 0.15) is 5.75 Å². The fourth-order valence-electron chi connectivity index (χ4n) is 3.03. The molecule has 1 amide bonds. The molecule has 0 radical (unpaired) electrons. The van der Waals surface area contributed by atoms with Gasteiger partial charge in [0.25, 0.3) is 5.91 Å². The van der Waals surface area contributed by atoms with Gasteiger partial charge in [-0.15, -0.1) is 0 Å². The number of benzene rings is 2. The quantitative estimate of drug-likeness (QED) is 0.667. The summed E-state index contributed by atoms with van der Waals surface area (Å²) < 4.78 is 6.89. The van der Waals surface area contributed by atoms with E-state index in [1.807, 2.05) is 18.2 Å². The molecule has 0 aliphatic carbocycles. The average molecular weight is 468 g/mol. The number of ether oxygens (including phenoxy) is 1. The lowest BCUT2D eigenvalue weighted by Gasteiger charge is -2.15. The molecule has 0 spiro atoms. The number of amides is 1. The Morgan fingerprint density at radius 3 is 2.48 bits per heavy atom. The van der Waals surface area contributed by atoms with Gasteiger partial charge in [0, 0.05) is 16.7 Å². The molecule has 0 bridgehead atoms. The number of carbonyl (C=O) groups is 1. The molecule has 0 saturated carbocycles. The van der Waals surface area contributed by atoms with Crippen molar-refractivity contribution in [1.82, 2.24) is 4.90 Å². The van der Waals surface area contributed by atoms with Gasteiger partial charge in [-0.25, -0.2) is 0 Å². The number of halogens is 2. The van der Waals surface area contributed by atoms with Crippen molar-refractivity contribution in [2.75, 3.05) is 25.5 Å². The van der Waals surface area contributed by atoms with Gasteiger partial charge < -0.3 is 10.1 Å². The van der Waals surface area contributed by atoms with E-state index in [1.54, 1.807) is 13.2 Å². The van der Waals surface area contributed by atoms with Crippen LogP contribution in [0.4, 0.5) is 5.69 Å². The zero-order chi connectivity index (χ0) is 17.8.